The number of halogens is 2. The Morgan fingerprint density at radius 2 is 2.00 bits per heavy atom. The highest BCUT2D eigenvalue weighted by Gasteiger charge is 2.00. The summed E-state index contributed by atoms with van der Waals surface area (Å²) >= 11 is 11.2. The van der Waals surface area contributed by atoms with Crippen LogP contribution in [0.1, 0.15) is 5.56 Å². The Morgan fingerprint density at radius 1 is 1.11 bits per heavy atom. The number of anilines is 1. The lowest BCUT2D eigenvalue weighted by Crippen LogP contribution is -1.99. The predicted molar refractivity (Wildman–Crippen MR) is 88.3 cm³/mol. The number of rotatable bonds is 3. The standard InChI is InChI=1S/C15H11BrClNS/c16-13-7-10(1-3-14(13)17)9-18-12-2-4-15-11(8-12)5-6-19-15/h1-8,18H,9H2. The maximum atomic E-state index is 5.98. The van der Waals surface area contributed by atoms with Gasteiger partial charge in [-0.2, -0.15) is 0 Å². The number of fused-ring (bicyclic) bond motifs is 1. The quantitative estimate of drug-likeness (QED) is 0.616. The summed E-state index contributed by atoms with van der Waals surface area (Å²) in [5, 5.41) is 7.57. The first-order valence-electron chi connectivity index (χ1n) is 5.87. The summed E-state index contributed by atoms with van der Waals surface area (Å²) in [5.41, 5.74) is 2.33. The number of benzene rings is 2. The molecule has 19 heavy (non-hydrogen) atoms. The summed E-state index contributed by atoms with van der Waals surface area (Å²) in [6, 6.07) is 14.6. The van der Waals surface area contributed by atoms with Gasteiger partial charge in [-0.05, 0) is 68.7 Å². The Bertz CT molecular complexity index is 723. The second-order valence-corrected chi connectivity index (χ2v) is 6.48. The van der Waals surface area contributed by atoms with E-state index >= 15 is 0 Å². The van der Waals surface area contributed by atoms with E-state index in [0.29, 0.717) is 0 Å². The van der Waals surface area contributed by atoms with Crippen LogP contribution >= 0.6 is 38.9 Å². The molecule has 1 aromatic heterocycles. The molecular weight excluding hydrogens is 342 g/mol. The summed E-state index contributed by atoms with van der Waals surface area (Å²) in [6.07, 6.45) is 0. The van der Waals surface area contributed by atoms with Crippen molar-refractivity contribution in [3.8, 4) is 0 Å². The van der Waals surface area contributed by atoms with Crippen LogP contribution in [0.4, 0.5) is 5.69 Å². The van der Waals surface area contributed by atoms with Gasteiger partial charge in [0.05, 0.1) is 5.02 Å². The van der Waals surface area contributed by atoms with E-state index in [4.69, 9.17) is 11.6 Å². The average Bonchev–Trinajstić information content (AvgIpc) is 2.87. The highest BCUT2D eigenvalue weighted by atomic mass is 79.9. The number of hydrogen-bond acceptors (Lipinski definition) is 2. The molecule has 0 bridgehead atoms. The Balaban J connectivity index is 1.75. The lowest BCUT2D eigenvalue weighted by molar-refractivity contribution is 1.15. The van der Waals surface area contributed by atoms with Gasteiger partial charge < -0.3 is 5.32 Å². The zero-order valence-corrected chi connectivity index (χ0v) is 13.1. The fourth-order valence-corrected chi connectivity index (χ4v) is 3.25. The molecule has 0 aliphatic rings. The third-order valence-corrected chi connectivity index (χ3v) is 5.04. The van der Waals surface area contributed by atoms with E-state index in [1.807, 2.05) is 18.2 Å². The molecule has 1 nitrogen and oxygen atoms in total. The summed E-state index contributed by atoms with van der Waals surface area (Å²) in [4.78, 5) is 0. The Hall–Kier alpha value is -1.03. The molecule has 2 aromatic carbocycles. The molecule has 4 heteroatoms. The van der Waals surface area contributed by atoms with Crippen molar-refractivity contribution in [2.75, 3.05) is 5.32 Å². The molecule has 1 N–H and O–H groups in total. The molecule has 0 aliphatic heterocycles. The van der Waals surface area contributed by atoms with Gasteiger partial charge in [-0.1, -0.05) is 17.7 Å². The van der Waals surface area contributed by atoms with Gasteiger partial charge in [0.1, 0.15) is 0 Å². The van der Waals surface area contributed by atoms with Crippen LogP contribution < -0.4 is 5.32 Å². The van der Waals surface area contributed by atoms with Gasteiger partial charge >= 0.3 is 0 Å². The Kier molecular flexibility index (Phi) is 3.78. The van der Waals surface area contributed by atoms with E-state index < -0.39 is 0 Å². The smallest absolute Gasteiger partial charge is 0.0548 e. The van der Waals surface area contributed by atoms with Gasteiger partial charge in [-0.3, -0.25) is 0 Å². The second-order valence-electron chi connectivity index (χ2n) is 4.28. The van der Waals surface area contributed by atoms with Crippen LogP contribution in [0, 0.1) is 0 Å². The molecule has 3 aromatic rings. The minimum Gasteiger partial charge on any atom is -0.381 e. The molecule has 0 saturated heterocycles. The summed E-state index contributed by atoms with van der Waals surface area (Å²) in [5.74, 6) is 0. The van der Waals surface area contributed by atoms with Crippen LogP contribution in [0.25, 0.3) is 10.1 Å². The molecule has 1 heterocycles. The van der Waals surface area contributed by atoms with Crippen molar-refractivity contribution in [2.24, 2.45) is 0 Å². The van der Waals surface area contributed by atoms with Crippen molar-refractivity contribution < 1.29 is 0 Å². The van der Waals surface area contributed by atoms with Crippen molar-refractivity contribution in [2.45, 2.75) is 6.54 Å². The third-order valence-electron chi connectivity index (χ3n) is 2.93. The van der Waals surface area contributed by atoms with Gasteiger partial charge in [0.25, 0.3) is 0 Å². The highest BCUT2D eigenvalue weighted by molar-refractivity contribution is 9.10. The summed E-state index contributed by atoms with van der Waals surface area (Å²) < 4.78 is 2.25. The predicted octanol–water partition coefficient (Wildman–Crippen LogP) is 5.93. The van der Waals surface area contributed by atoms with Gasteiger partial charge in [0, 0.05) is 21.4 Å². The molecule has 0 radical (unpaired) electrons. The molecule has 0 amide bonds. The first-order valence-corrected chi connectivity index (χ1v) is 7.92. The first-order chi connectivity index (χ1) is 9.22. The van der Waals surface area contributed by atoms with E-state index in [-0.39, 0.29) is 0 Å². The van der Waals surface area contributed by atoms with Crippen LogP contribution in [-0.4, -0.2) is 0 Å². The number of hydrogen-bond donors (Lipinski definition) is 1. The molecule has 0 saturated carbocycles. The van der Waals surface area contributed by atoms with Crippen molar-refractivity contribution in [1.29, 1.82) is 0 Å². The Morgan fingerprint density at radius 3 is 2.84 bits per heavy atom. The molecule has 0 unspecified atom stereocenters. The van der Waals surface area contributed by atoms with Crippen molar-refractivity contribution in [3.63, 3.8) is 0 Å². The van der Waals surface area contributed by atoms with Crippen molar-refractivity contribution in [1.82, 2.24) is 0 Å². The largest absolute Gasteiger partial charge is 0.381 e. The molecule has 0 aliphatic carbocycles. The molecule has 0 atom stereocenters. The highest BCUT2D eigenvalue weighted by Crippen LogP contribution is 2.26. The van der Waals surface area contributed by atoms with Crippen LogP contribution in [0.2, 0.25) is 5.02 Å². The van der Waals surface area contributed by atoms with E-state index in [1.165, 1.54) is 15.6 Å². The first kappa shape index (κ1) is 13.0. The van der Waals surface area contributed by atoms with Crippen LogP contribution in [0.5, 0.6) is 0 Å². The molecule has 0 spiro atoms. The van der Waals surface area contributed by atoms with E-state index in [0.717, 1.165) is 21.7 Å². The fourth-order valence-electron chi connectivity index (χ4n) is 1.93. The molecule has 0 fully saturated rings. The maximum Gasteiger partial charge on any atom is 0.0548 e. The SMILES string of the molecule is Clc1ccc(CNc2ccc3sccc3c2)cc1Br. The van der Waals surface area contributed by atoms with E-state index in [9.17, 15) is 0 Å². The van der Waals surface area contributed by atoms with Gasteiger partial charge in [0.15, 0.2) is 0 Å². The van der Waals surface area contributed by atoms with Crippen molar-refractivity contribution >= 4 is 54.6 Å². The van der Waals surface area contributed by atoms with Crippen LogP contribution in [0.15, 0.2) is 52.3 Å². The minimum atomic E-state index is 0.739. The van der Waals surface area contributed by atoms with E-state index in [2.05, 4.69) is 50.9 Å². The van der Waals surface area contributed by atoms with Crippen molar-refractivity contribution in [3.05, 3.63) is 62.9 Å². The normalized spacial score (nSPS) is 10.8. The summed E-state index contributed by atoms with van der Waals surface area (Å²) in [6.45, 7) is 0.783. The average molecular weight is 353 g/mol. The van der Waals surface area contributed by atoms with Gasteiger partial charge in [0.2, 0.25) is 0 Å². The second kappa shape index (κ2) is 5.53. The van der Waals surface area contributed by atoms with E-state index in [1.54, 1.807) is 11.3 Å². The van der Waals surface area contributed by atoms with Gasteiger partial charge in [-0.15, -0.1) is 11.3 Å². The lowest BCUT2D eigenvalue weighted by atomic mass is 10.2. The van der Waals surface area contributed by atoms with Gasteiger partial charge in [-0.25, -0.2) is 0 Å². The van der Waals surface area contributed by atoms with Crippen LogP contribution in [-0.2, 0) is 6.54 Å². The minimum absolute atomic E-state index is 0.739. The third kappa shape index (κ3) is 2.94. The fraction of sp³-hybridized carbons (Fsp3) is 0.0667. The number of thiophene rings is 1. The Labute approximate surface area is 129 Å². The molecular formula is C15H11BrClNS. The topological polar surface area (TPSA) is 12.0 Å². The zero-order valence-electron chi connectivity index (χ0n) is 9.99. The zero-order chi connectivity index (χ0) is 13.2. The molecule has 3 rings (SSSR count). The summed E-state index contributed by atoms with van der Waals surface area (Å²) in [7, 11) is 0. The maximum absolute atomic E-state index is 5.98. The monoisotopic (exact) mass is 351 g/mol. The number of nitrogens with one attached hydrogen (secondary N) is 1. The lowest BCUT2D eigenvalue weighted by Gasteiger charge is -2.07. The van der Waals surface area contributed by atoms with Crippen LogP contribution in [0.3, 0.4) is 0 Å². The molecule has 96 valence electrons.